The van der Waals surface area contributed by atoms with E-state index in [9.17, 15) is 22.8 Å². The number of hydrogen-bond donors (Lipinski definition) is 1. The number of fused-ring (bicyclic) bond motifs is 1. The first kappa shape index (κ1) is 22.3. The van der Waals surface area contributed by atoms with Crippen molar-refractivity contribution < 1.29 is 27.2 Å². The molecule has 4 amide bonds. The van der Waals surface area contributed by atoms with E-state index >= 15 is 0 Å². The van der Waals surface area contributed by atoms with Crippen LogP contribution in [0.15, 0.2) is 34.7 Å². The van der Waals surface area contributed by atoms with Gasteiger partial charge in [0.2, 0.25) is 5.91 Å². The zero-order valence-corrected chi connectivity index (χ0v) is 19.1. The van der Waals surface area contributed by atoms with Gasteiger partial charge in [0.05, 0.1) is 11.5 Å². The SMILES string of the molecule is CC(C)CN(C(=O)CN1C(=O)N[C@@](C)(c2cc3ccccc3o2)C1=O)[C@H]1CCS(=O)(=O)C1. The second kappa shape index (κ2) is 7.91. The van der Waals surface area contributed by atoms with E-state index in [1.54, 1.807) is 19.1 Å². The fourth-order valence-electron chi connectivity index (χ4n) is 4.33. The minimum absolute atomic E-state index is 0.0345. The van der Waals surface area contributed by atoms with Crippen molar-refractivity contribution in [3.8, 4) is 0 Å². The van der Waals surface area contributed by atoms with Crippen LogP contribution in [0, 0.1) is 5.92 Å². The number of carbonyl (C=O) groups excluding carboxylic acids is 3. The lowest BCUT2D eigenvalue weighted by Crippen LogP contribution is -2.49. The van der Waals surface area contributed by atoms with Gasteiger partial charge in [-0.3, -0.25) is 14.5 Å². The molecule has 0 spiro atoms. The zero-order valence-electron chi connectivity index (χ0n) is 18.3. The molecule has 2 aliphatic rings. The Kier molecular flexibility index (Phi) is 5.52. The van der Waals surface area contributed by atoms with Crippen LogP contribution in [0.2, 0.25) is 0 Å². The van der Waals surface area contributed by atoms with E-state index in [2.05, 4.69) is 5.32 Å². The molecule has 0 radical (unpaired) electrons. The third-order valence-corrected chi connectivity index (χ3v) is 7.77. The molecule has 1 aromatic heterocycles. The Morgan fingerprint density at radius 1 is 1.31 bits per heavy atom. The quantitative estimate of drug-likeness (QED) is 0.657. The van der Waals surface area contributed by atoms with Crippen LogP contribution in [0.4, 0.5) is 4.79 Å². The number of nitrogens with zero attached hydrogens (tertiary/aromatic N) is 2. The number of urea groups is 1. The van der Waals surface area contributed by atoms with Crippen molar-refractivity contribution >= 4 is 38.7 Å². The molecule has 9 nitrogen and oxygen atoms in total. The van der Waals surface area contributed by atoms with E-state index < -0.39 is 45.8 Å². The van der Waals surface area contributed by atoms with Crippen LogP contribution in [0.3, 0.4) is 0 Å². The Hall–Kier alpha value is -2.88. The number of amides is 4. The molecule has 2 atom stereocenters. The van der Waals surface area contributed by atoms with E-state index in [0.717, 1.165) is 10.3 Å². The summed E-state index contributed by atoms with van der Waals surface area (Å²) in [6.45, 7) is 5.30. The fourth-order valence-corrected chi connectivity index (χ4v) is 6.06. The minimum atomic E-state index is -3.19. The highest BCUT2D eigenvalue weighted by molar-refractivity contribution is 7.91. The maximum absolute atomic E-state index is 13.2. The molecule has 1 N–H and O–H groups in total. The lowest BCUT2D eigenvalue weighted by molar-refractivity contribution is -0.140. The highest BCUT2D eigenvalue weighted by Gasteiger charge is 2.52. The van der Waals surface area contributed by atoms with Gasteiger partial charge in [-0.05, 0) is 31.4 Å². The molecule has 2 aromatic rings. The van der Waals surface area contributed by atoms with E-state index in [1.807, 2.05) is 32.0 Å². The first-order valence-electron chi connectivity index (χ1n) is 10.6. The van der Waals surface area contributed by atoms with Gasteiger partial charge in [-0.15, -0.1) is 0 Å². The van der Waals surface area contributed by atoms with Crippen LogP contribution in [0.25, 0.3) is 11.0 Å². The molecule has 4 rings (SSSR count). The molecule has 2 aliphatic heterocycles. The molecule has 3 heterocycles. The minimum Gasteiger partial charge on any atom is -0.458 e. The Morgan fingerprint density at radius 2 is 2.03 bits per heavy atom. The summed E-state index contributed by atoms with van der Waals surface area (Å²) in [6, 6.07) is 7.83. The summed E-state index contributed by atoms with van der Waals surface area (Å²) in [6.07, 6.45) is 0.359. The Balaban J connectivity index is 1.56. The normalized spacial score (nSPS) is 25.0. The average Bonchev–Trinajstić information content (AvgIpc) is 3.37. The van der Waals surface area contributed by atoms with E-state index in [0.29, 0.717) is 18.5 Å². The first-order valence-corrected chi connectivity index (χ1v) is 12.5. The van der Waals surface area contributed by atoms with Gasteiger partial charge < -0.3 is 14.6 Å². The van der Waals surface area contributed by atoms with Gasteiger partial charge in [-0.2, -0.15) is 0 Å². The Labute approximate surface area is 186 Å². The van der Waals surface area contributed by atoms with Crippen LogP contribution in [-0.4, -0.2) is 66.7 Å². The van der Waals surface area contributed by atoms with Crippen molar-refractivity contribution in [2.24, 2.45) is 5.92 Å². The molecule has 32 heavy (non-hydrogen) atoms. The number of sulfone groups is 1. The summed E-state index contributed by atoms with van der Waals surface area (Å²) in [4.78, 5) is 41.4. The van der Waals surface area contributed by atoms with Crippen molar-refractivity contribution in [3.63, 3.8) is 0 Å². The maximum Gasteiger partial charge on any atom is 0.325 e. The number of nitrogens with one attached hydrogen (secondary N) is 1. The van der Waals surface area contributed by atoms with Gasteiger partial charge in [0.15, 0.2) is 15.4 Å². The van der Waals surface area contributed by atoms with Gasteiger partial charge in [0.1, 0.15) is 17.9 Å². The standard InChI is InChI=1S/C22H27N3O6S/c1-14(2)11-24(16-8-9-32(29,30)13-16)19(26)12-25-20(27)22(3,23-21(25)28)18-10-15-6-4-5-7-17(15)31-18/h4-7,10,14,16H,8-9,11-13H2,1-3H3,(H,23,28)/t16-,22-/m0/s1. The molecular formula is C22H27N3O6S. The number of benzene rings is 1. The molecule has 0 unspecified atom stereocenters. The molecule has 2 fully saturated rings. The van der Waals surface area contributed by atoms with Crippen molar-refractivity contribution in [1.29, 1.82) is 0 Å². The van der Waals surface area contributed by atoms with Crippen LogP contribution in [0.5, 0.6) is 0 Å². The molecule has 0 aliphatic carbocycles. The topological polar surface area (TPSA) is 117 Å². The molecular weight excluding hydrogens is 434 g/mol. The lowest BCUT2D eigenvalue weighted by Gasteiger charge is -2.31. The van der Waals surface area contributed by atoms with Crippen LogP contribution in [0.1, 0.15) is 33.0 Å². The summed E-state index contributed by atoms with van der Waals surface area (Å²) in [5.41, 5.74) is -0.846. The fraction of sp³-hybridized carbons (Fsp3) is 0.500. The van der Waals surface area contributed by atoms with Crippen molar-refractivity contribution in [2.45, 2.75) is 38.8 Å². The number of carbonyl (C=O) groups is 3. The summed E-state index contributed by atoms with van der Waals surface area (Å²) < 4.78 is 29.7. The Bertz CT molecular complexity index is 1150. The smallest absolute Gasteiger partial charge is 0.325 e. The molecule has 2 saturated heterocycles. The molecule has 0 saturated carbocycles. The van der Waals surface area contributed by atoms with Crippen molar-refractivity contribution in [2.75, 3.05) is 24.6 Å². The predicted octanol–water partition coefficient (Wildman–Crippen LogP) is 1.87. The monoisotopic (exact) mass is 461 g/mol. The van der Waals surface area contributed by atoms with E-state index in [4.69, 9.17) is 4.42 Å². The van der Waals surface area contributed by atoms with Gasteiger partial charge in [-0.1, -0.05) is 32.0 Å². The summed E-state index contributed by atoms with van der Waals surface area (Å²) >= 11 is 0. The van der Waals surface area contributed by atoms with E-state index in [-0.39, 0.29) is 23.2 Å². The molecule has 1 aromatic carbocycles. The maximum atomic E-state index is 13.2. The molecule has 10 heteroatoms. The third-order valence-electron chi connectivity index (χ3n) is 6.02. The van der Waals surface area contributed by atoms with E-state index in [1.165, 1.54) is 4.90 Å². The highest BCUT2D eigenvalue weighted by atomic mass is 32.2. The van der Waals surface area contributed by atoms with Gasteiger partial charge >= 0.3 is 6.03 Å². The van der Waals surface area contributed by atoms with Crippen molar-refractivity contribution in [3.05, 3.63) is 36.1 Å². The highest BCUT2D eigenvalue weighted by Crippen LogP contribution is 2.33. The van der Waals surface area contributed by atoms with Crippen LogP contribution < -0.4 is 5.32 Å². The number of imide groups is 1. The Morgan fingerprint density at radius 3 is 2.66 bits per heavy atom. The van der Waals surface area contributed by atoms with Crippen molar-refractivity contribution in [1.82, 2.24) is 15.1 Å². The lowest BCUT2D eigenvalue weighted by atomic mass is 9.99. The van der Waals surface area contributed by atoms with Gasteiger partial charge in [-0.25, -0.2) is 13.2 Å². The third kappa shape index (κ3) is 3.99. The number of para-hydroxylation sites is 1. The average molecular weight is 462 g/mol. The predicted molar refractivity (Wildman–Crippen MR) is 117 cm³/mol. The molecule has 172 valence electrons. The summed E-state index contributed by atoms with van der Waals surface area (Å²) in [5, 5.41) is 3.45. The first-order chi connectivity index (χ1) is 15.0. The number of hydrogen-bond acceptors (Lipinski definition) is 6. The van der Waals surface area contributed by atoms with Gasteiger partial charge in [0.25, 0.3) is 5.91 Å². The zero-order chi connectivity index (χ0) is 23.3. The summed E-state index contributed by atoms with van der Waals surface area (Å²) in [7, 11) is -3.19. The largest absolute Gasteiger partial charge is 0.458 e. The second-order valence-electron chi connectivity index (χ2n) is 9.09. The van der Waals surface area contributed by atoms with Crippen LogP contribution >= 0.6 is 0 Å². The second-order valence-corrected chi connectivity index (χ2v) is 11.3. The number of rotatable bonds is 6. The number of furan rings is 1. The van der Waals surface area contributed by atoms with Gasteiger partial charge in [0, 0.05) is 18.0 Å². The van der Waals surface area contributed by atoms with Crippen LogP contribution in [-0.2, 0) is 25.0 Å². The molecule has 0 bridgehead atoms. The summed E-state index contributed by atoms with van der Waals surface area (Å²) in [5.74, 6) is -0.703.